The third kappa shape index (κ3) is 10.5. The average Bonchev–Trinajstić information content (AvgIpc) is 2.33. The largest absolute Gasteiger partial charge is 0.395 e. The summed E-state index contributed by atoms with van der Waals surface area (Å²) in [5, 5.41) is 0. The van der Waals surface area contributed by atoms with Crippen LogP contribution in [0.25, 0.3) is 0 Å². The SMILES string of the molecule is O=COC(=O)C=CCCCCCCC(=O)OC=O. The Morgan fingerprint density at radius 3 is 2.22 bits per heavy atom. The summed E-state index contributed by atoms with van der Waals surface area (Å²) in [6, 6.07) is 0. The predicted octanol–water partition coefficient (Wildman–Crippen LogP) is 1.28. The van der Waals surface area contributed by atoms with E-state index in [2.05, 4.69) is 9.47 Å². The lowest BCUT2D eigenvalue weighted by atomic mass is 10.1. The molecule has 0 unspecified atom stereocenters. The van der Waals surface area contributed by atoms with E-state index >= 15 is 0 Å². The first-order valence-corrected chi connectivity index (χ1v) is 5.64. The highest BCUT2D eigenvalue weighted by molar-refractivity contribution is 5.86. The van der Waals surface area contributed by atoms with Gasteiger partial charge in [-0.25, -0.2) is 4.79 Å². The molecule has 0 atom stereocenters. The summed E-state index contributed by atoms with van der Waals surface area (Å²) in [5.41, 5.74) is 0. The molecule has 0 N–H and O–H groups in total. The van der Waals surface area contributed by atoms with Gasteiger partial charge < -0.3 is 9.47 Å². The van der Waals surface area contributed by atoms with Gasteiger partial charge >= 0.3 is 24.9 Å². The molecule has 0 aliphatic rings. The van der Waals surface area contributed by atoms with Crippen molar-refractivity contribution < 1.29 is 28.7 Å². The number of carbonyl (C=O) groups is 4. The second kappa shape index (κ2) is 11.5. The molecule has 6 nitrogen and oxygen atoms in total. The van der Waals surface area contributed by atoms with Crippen LogP contribution in [0.4, 0.5) is 0 Å². The zero-order valence-electron chi connectivity index (χ0n) is 10.0. The number of unbranched alkanes of at least 4 members (excludes halogenated alkanes) is 4. The molecule has 0 rings (SSSR count). The maximum absolute atomic E-state index is 10.8. The van der Waals surface area contributed by atoms with E-state index in [1.54, 1.807) is 6.08 Å². The number of hydrogen-bond acceptors (Lipinski definition) is 6. The topological polar surface area (TPSA) is 86.7 Å². The van der Waals surface area contributed by atoms with Crippen LogP contribution >= 0.6 is 0 Å². The molecule has 0 spiro atoms. The molecule has 6 heteroatoms. The maximum atomic E-state index is 10.8. The smallest absolute Gasteiger partial charge is 0.337 e. The Kier molecular flexibility index (Phi) is 10.2. The zero-order chi connectivity index (χ0) is 13.6. The van der Waals surface area contributed by atoms with Gasteiger partial charge in [-0.3, -0.25) is 14.4 Å². The van der Waals surface area contributed by atoms with Crippen molar-refractivity contribution in [2.45, 2.75) is 38.5 Å². The summed E-state index contributed by atoms with van der Waals surface area (Å²) in [7, 11) is 0. The second-order valence-corrected chi connectivity index (χ2v) is 3.47. The highest BCUT2D eigenvalue weighted by atomic mass is 16.6. The van der Waals surface area contributed by atoms with Gasteiger partial charge in [0.25, 0.3) is 0 Å². The lowest BCUT2D eigenvalue weighted by molar-refractivity contribution is -0.152. The molecule has 0 aliphatic heterocycles. The molecule has 0 fully saturated rings. The van der Waals surface area contributed by atoms with E-state index in [4.69, 9.17) is 0 Å². The number of carbonyl (C=O) groups excluding carboxylic acids is 4. The van der Waals surface area contributed by atoms with Gasteiger partial charge in [0.05, 0.1) is 0 Å². The van der Waals surface area contributed by atoms with E-state index in [0.29, 0.717) is 12.8 Å². The molecule has 0 aromatic heterocycles. The van der Waals surface area contributed by atoms with E-state index < -0.39 is 11.9 Å². The third-order valence-corrected chi connectivity index (χ3v) is 2.10. The summed E-state index contributed by atoms with van der Waals surface area (Å²) in [5.74, 6) is -1.19. The molecule has 0 heterocycles. The minimum atomic E-state index is -0.679. The van der Waals surface area contributed by atoms with E-state index in [0.717, 1.165) is 19.3 Å². The fraction of sp³-hybridized carbons (Fsp3) is 0.500. The maximum Gasteiger partial charge on any atom is 0.337 e. The molecule has 0 aromatic rings. The van der Waals surface area contributed by atoms with E-state index in [1.807, 2.05) is 0 Å². The molecule has 0 aliphatic carbocycles. The summed E-state index contributed by atoms with van der Waals surface area (Å²) >= 11 is 0. The van der Waals surface area contributed by atoms with Crippen LogP contribution < -0.4 is 0 Å². The van der Waals surface area contributed by atoms with E-state index in [1.165, 1.54) is 6.08 Å². The van der Waals surface area contributed by atoms with Crippen molar-refractivity contribution in [1.82, 2.24) is 0 Å². The average molecular weight is 256 g/mol. The molecule has 100 valence electrons. The first kappa shape index (κ1) is 16.0. The normalized spacial score (nSPS) is 10.0. The van der Waals surface area contributed by atoms with Crippen LogP contribution in [0, 0.1) is 0 Å². The summed E-state index contributed by atoms with van der Waals surface area (Å²) < 4.78 is 8.18. The lowest BCUT2D eigenvalue weighted by Crippen LogP contribution is -2.01. The number of ether oxygens (including phenoxy) is 2. The predicted molar refractivity (Wildman–Crippen MR) is 61.2 cm³/mol. The van der Waals surface area contributed by atoms with E-state index in [-0.39, 0.29) is 19.4 Å². The van der Waals surface area contributed by atoms with Crippen LogP contribution in [0.15, 0.2) is 12.2 Å². The van der Waals surface area contributed by atoms with Gasteiger partial charge in [0.15, 0.2) is 0 Å². The van der Waals surface area contributed by atoms with Crippen LogP contribution in [-0.4, -0.2) is 24.9 Å². The quantitative estimate of drug-likeness (QED) is 0.192. The molecule has 0 amide bonds. The van der Waals surface area contributed by atoms with Gasteiger partial charge in [-0.05, 0) is 19.3 Å². The number of allylic oxidation sites excluding steroid dienone is 1. The molecule has 18 heavy (non-hydrogen) atoms. The summed E-state index contributed by atoms with van der Waals surface area (Å²) in [6.07, 6.45) is 7.06. The number of rotatable bonds is 10. The Morgan fingerprint density at radius 2 is 1.56 bits per heavy atom. The number of hydrogen-bond donors (Lipinski definition) is 0. The number of esters is 2. The van der Waals surface area contributed by atoms with Gasteiger partial charge in [-0.15, -0.1) is 0 Å². The van der Waals surface area contributed by atoms with Crippen LogP contribution in [0.1, 0.15) is 38.5 Å². The highest BCUT2D eigenvalue weighted by Gasteiger charge is 2.00. The minimum absolute atomic E-state index is 0.0884. The van der Waals surface area contributed by atoms with Gasteiger partial charge in [0.2, 0.25) is 0 Å². The Balaban J connectivity index is 3.35. The lowest BCUT2D eigenvalue weighted by Gasteiger charge is -1.98. The summed E-state index contributed by atoms with van der Waals surface area (Å²) in [4.78, 5) is 41.1. The van der Waals surface area contributed by atoms with Crippen molar-refractivity contribution >= 4 is 24.9 Å². The first-order chi connectivity index (χ1) is 8.70. The fourth-order valence-corrected chi connectivity index (χ4v) is 1.26. The van der Waals surface area contributed by atoms with Crippen LogP contribution in [0.5, 0.6) is 0 Å². The van der Waals surface area contributed by atoms with Gasteiger partial charge in [-0.2, -0.15) is 0 Å². The third-order valence-electron chi connectivity index (χ3n) is 2.10. The van der Waals surface area contributed by atoms with Crippen molar-refractivity contribution in [3.05, 3.63) is 12.2 Å². The Hall–Kier alpha value is -1.98. The van der Waals surface area contributed by atoms with Crippen LogP contribution in [-0.2, 0) is 28.7 Å². The first-order valence-electron chi connectivity index (χ1n) is 5.64. The van der Waals surface area contributed by atoms with Crippen molar-refractivity contribution in [3.63, 3.8) is 0 Å². The van der Waals surface area contributed by atoms with Gasteiger partial charge in [-0.1, -0.05) is 18.9 Å². The monoisotopic (exact) mass is 256 g/mol. The Labute approximate surface area is 105 Å². The van der Waals surface area contributed by atoms with Gasteiger partial charge in [0.1, 0.15) is 0 Å². The zero-order valence-corrected chi connectivity index (χ0v) is 10.0. The van der Waals surface area contributed by atoms with Gasteiger partial charge in [0, 0.05) is 12.5 Å². The van der Waals surface area contributed by atoms with Crippen molar-refractivity contribution in [3.8, 4) is 0 Å². The molecule has 0 aromatic carbocycles. The van der Waals surface area contributed by atoms with Crippen LogP contribution in [0.2, 0.25) is 0 Å². The van der Waals surface area contributed by atoms with E-state index in [9.17, 15) is 19.2 Å². The van der Waals surface area contributed by atoms with Crippen molar-refractivity contribution in [2.75, 3.05) is 0 Å². The van der Waals surface area contributed by atoms with Crippen molar-refractivity contribution in [2.24, 2.45) is 0 Å². The molecular weight excluding hydrogens is 240 g/mol. The standard InChI is InChI=1S/C12H16O6/c13-9-17-11(15)7-5-3-1-2-4-6-8-12(16)18-10-14/h5,7,9-10H,1-4,6,8H2. The molecule has 0 radical (unpaired) electrons. The van der Waals surface area contributed by atoms with Crippen molar-refractivity contribution in [1.29, 1.82) is 0 Å². The second-order valence-electron chi connectivity index (χ2n) is 3.47. The fourth-order valence-electron chi connectivity index (χ4n) is 1.26. The Morgan fingerprint density at radius 1 is 0.889 bits per heavy atom. The molecular formula is C12H16O6. The Bertz CT molecular complexity index is 308. The minimum Gasteiger partial charge on any atom is -0.395 e. The molecule has 0 saturated heterocycles. The highest BCUT2D eigenvalue weighted by Crippen LogP contribution is 2.06. The van der Waals surface area contributed by atoms with Crippen LogP contribution in [0.3, 0.4) is 0 Å². The summed E-state index contributed by atoms with van der Waals surface area (Å²) in [6.45, 7) is 0.219. The molecule has 0 bridgehead atoms. The molecule has 0 saturated carbocycles.